The Kier molecular flexibility index (Phi) is 4.77. The summed E-state index contributed by atoms with van der Waals surface area (Å²) in [7, 11) is 0. The Hall–Kier alpha value is -0.890. The molecule has 2 unspecified atom stereocenters. The number of hydrogen-bond donors (Lipinski definition) is 3. The highest BCUT2D eigenvalue weighted by molar-refractivity contribution is 7.80. The molecule has 21 heavy (non-hydrogen) atoms. The van der Waals surface area contributed by atoms with Crippen LogP contribution in [0.4, 0.5) is 4.79 Å². The van der Waals surface area contributed by atoms with Crippen molar-refractivity contribution in [1.82, 2.24) is 0 Å². The maximum Gasteiger partial charge on any atom is 0.521 e. The summed E-state index contributed by atoms with van der Waals surface area (Å²) in [5.74, 6) is -0.0746. The van der Waals surface area contributed by atoms with Gasteiger partial charge >= 0.3 is 12.0 Å². The van der Waals surface area contributed by atoms with Crippen molar-refractivity contribution in [2.75, 3.05) is 12.3 Å². The molecule has 0 bridgehead atoms. The van der Waals surface area contributed by atoms with Crippen LogP contribution < -0.4 is 0 Å². The second-order valence-corrected chi connectivity index (χ2v) is 7.19. The summed E-state index contributed by atoms with van der Waals surface area (Å²) in [6, 6.07) is 3.36. The predicted octanol–water partition coefficient (Wildman–Crippen LogP) is 2.16. The van der Waals surface area contributed by atoms with Crippen LogP contribution >= 0.6 is 24.0 Å². The van der Waals surface area contributed by atoms with Gasteiger partial charge in [0.1, 0.15) is 18.2 Å². The highest BCUT2D eigenvalue weighted by atomic mass is 32.1. The number of carbonyl (C=O) groups excluding carboxylic acids is 1. The summed E-state index contributed by atoms with van der Waals surface area (Å²) in [4.78, 5) is 25.1. The number of likely N-dealkylation sites (tertiary alicyclic amines) is 1. The molecule has 1 fully saturated rings. The normalized spacial score (nSPS) is 32.2. The lowest BCUT2D eigenvalue weighted by Gasteiger charge is -2.30. The number of quaternary nitrogens is 1. The fourth-order valence-electron chi connectivity index (χ4n) is 3.25. The number of imide groups is 1. The Labute approximate surface area is 133 Å². The van der Waals surface area contributed by atoms with E-state index < -0.39 is 22.2 Å². The van der Waals surface area contributed by atoms with Gasteiger partial charge in [-0.1, -0.05) is 6.07 Å². The van der Waals surface area contributed by atoms with Gasteiger partial charge in [-0.15, -0.1) is 11.3 Å². The highest BCUT2D eigenvalue weighted by Crippen LogP contribution is 2.38. The average Bonchev–Trinajstić information content (AvgIpc) is 2.96. The standard InChI is InChI=1S/C14H19NO4S2/c1-10-7-14(19,8-11-3-2-6-21-11)9-15(10,13(17)18)12(16)4-5-20/h2-3,6,10,19H,4-5,7-9H2,1H3,(H-,17,18,20)/p+1/t10-,14?,15?/m1/s1. The molecule has 1 aliphatic heterocycles. The number of hydrogen-bond acceptors (Lipinski definition) is 5. The first kappa shape index (κ1) is 16.5. The molecular weight excluding hydrogens is 310 g/mol. The van der Waals surface area contributed by atoms with E-state index in [1.807, 2.05) is 17.5 Å². The molecule has 0 saturated carbocycles. The number of thiol groups is 1. The van der Waals surface area contributed by atoms with E-state index in [1.54, 1.807) is 6.92 Å². The van der Waals surface area contributed by atoms with Gasteiger partial charge < -0.3 is 10.2 Å². The maximum atomic E-state index is 12.3. The Bertz CT molecular complexity index is 533. The van der Waals surface area contributed by atoms with Crippen molar-refractivity contribution < 1.29 is 24.3 Å². The lowest BCUT2D eigenvalue weighted by atomic mass is 9.96. The molecule has 5 nitrogen and oxygen atoms in total. The van der Waals surface area contributed by atoms with E-state index in [2.05, 4.69) is 12.6 Å². The van der Waals surface area contributed by atoms with E-state index in [4.69, 9.17) is 0 Å². The van der Waals surface area contributed by atoms with Crippen LogP contribution in [0.15, 0.2) is 17.5 Å². The van der Waals surface area contributed by atoms with Crippen LogP contribution in [0.25, 0.3) is 0 Å². The van der Waals surface area contributed by atoms with E-state index in [0.29, 0.717) is 18.6 Å². The zero-order chi connectivity index (χ0) is 15.7. The van der Waals surface area contributed by atoms with Crippen molar-refractivity contribution in [2.24, 2.45) is 0 Å². The van der Waals surface area contributed by atoms with E-state index in [1.165, 1.54) is 11.3 Å². The molecule has 1 aliphatic rings. The van der Waals surface area contributed by atoms with Crippen LogP contribution in [-0.4, -0.2) is 50.6 Å². The van der Waals surface area contributed by atoms with Crippen LogP contribution in [0.2, 0.25) is 0 Å². The molecule has 2 N–H and O–H groups in total. The predicted molar refractivity (Wildman–Crippen MR) is 83.7 cm³/mol. The number of amides is 2. The fraction of sp³-hybridized carbons (Fsp3) is 0.571. The summed E-state index contributed by atoms with van der Waals surface area (Å²) in [6.45, 7) is 1.64. The molecule has 2 heterocycles. The molecule has 7 heteroatoms. The van der Waals surface area contributed by atoms with Crippen molar-refractivity contribution in [1.29, 1.82) is 0 Å². The first-order valence-corrected chi connectivity index (χ1v) is 8.35. The summed E-state index contributed by atoms with van der Waals surface area (Å²) >= 11 is 5.54. The lowest BCUT2D eigenvalue weighted by molar-refractivity contribution is -0.795. The van der Waals surface area contributed by atoms with Gasteiger partial charge in [0, 0.05) is 23.5 Å². The van der Waals surface area contributed by atoms with Crippen LogP contribution in [0, 0.1) is 0 Å². The van der Waals surface area contributed by atoms with Gasteiger partial charge in [-0.05, 0) is 18.4 Å². The summed E-state index contributed by atoms with van der Waals surface area (Å²) in [5.41, 5.74) is -1.16. The van der Waals surface area contributed by atoms with Crippen molar-refractivity contribution in [3.8, 4) is 0 Å². The molecule has 116 valence electrons. The smallest absolute Gasteiger partial charge is 0.435 e. The number of thiophene rings is 1. The summed E-state index contributed by atoms with van der Waals surface area (Å²) < 4.78 is -0.692. The molecule has 0 radical (unpaired) electrons. The monoisotopic (exact) mass is 330 g/mol. The second kappa shape index (κ2) is 6.08. The Morgan fingerprint density at radius 2 is 2.29 bits per heavy atom. The minimum Gasteiger partial charge on any atom is -0.435 e. The van der Waals surface area contributed by atoms with Crippen LogP contribution in [-0.2, 0) is 11.2 Å². The Morgan fingerprint density at radius 1 is 1.57 bits per heavy atom. The highest BCUT2D eigenvalue weighted by Gasteiger charge is 2.61. The first-order chi connectivity index (χ1) is 9.84. The largest absolute Gasteiger partial charge is 0.521 e. The fourth-order valence-corrected chi connectivity index (χ4v) is 4.28. The SMILES string of the molecule is C[C@@H]1CC(O)(Cc2cccs2)C[N+]1(C(=O)O)C(=O)CCS. The second-order valence-electron chi connectivity index (χ2n) is 5.71. The van der Waals surface area contributed by atoms with Crippen molar-refractivity contribution in [2.45, 2.75) is 37.8 Å². The third kappa shape index (κ3) is 3.01. The maximum absolute atomic E-state index is 12.3. The molecule has 2 rings (SSSR count). The van der Waals surface area contributed by atoms with Gasteiger partial charge in [0.25, 0.3) is 0 Å². The number of carboxylic acid groups (broad SMARTS) is 1. The summed E-state index contributed by atoms with van der Waals surface area (Å²) in [6.07, 6.45) is -0.405. The Morgan fingerprint density at radius 3 is 2.81 bits per heavy atom. The number of rotatable bonds is 4. The zero-order valence-corrected chi connectivity index (χ0v) is 13.6. The van der Waals surface area contributed by atoms with Crippen LogP contribution in [0.3, 0.4) is 0 Å². The van der Waals surface area contributed by atoms with Gasteiger partial charge in [0.2, 0.25) is 0 Å². The van der Waals surface area contributed by atoms with Crippen molar-refractivity contribution in [3.05, 3.63) is 22.4 Å². The molecule has 2 amide bonds. The van der Waals surface area contributed by atoms with E-state index in [-0.39, 0.29) is 18.9 Å². The third-order valence-electron chi connectivity index (χ3n) is 4.17. The first-order valence-electron chi connectivity index (χ1n) is 6.84. The third-order valence-corrected chi connectivity index (χ3v) is 5.27. The Balaban J connectivity index is 2.28. The quantitative estimate of drug-likeness (QED) is 0.584. The van der Waals surface area contributed by atoms with Crippen LogP contribution in [0.5, 0.6) is 0 Å². The van der Waals surface area contributed by atoms with Gasteiger partial charge in [-0.2, -0.15) is 21.9 Å². The van der Waals surface area contributed by atoms with Gasteiger partial charge in [-0.25, -0.2) is 4.79 Å². The number of nitrogens with zero attached hydrogens (tertiary/aromatic N) is 1. The van der Waals surface area contributed by atoms with Gasteiger partial charge in [-0.3, -0.25) is 0 Å². The minimum absolute atomic E-state index is 0.0754. The van der Waals surface area contributed by atoms with Gasteiger partial charge in [0.05, 0.1) is 6.42 Å². The molecule has 1 aromatic rings. The average molecular weight is 330 g/mol. The van der Waals surface area contributed by atoms with Crippen LogP contribution in [0.1, 0.15) is 24.6 Å². The van der Waals surface area contributed by atoms with Gasteiger partial charge in [0.15, 0.2) is 0 Å². The molecule has 0 spiro atoms. The zero-order valence-electron chi connectivity index (χ0n) is 11.9. The molecule has 1 aromatic heterocycles. The van der Waals surface area contributed by atoms with Crippen molar-refractivity contribution in [3.63, 3.8) is 0 Å². The van der Waals surface area contributed by atoms with E-state index in [9.17, 15) is 19.8 Å². The molecule has 0 aliphatic carbocycles. The van der Waals surface area contributed by atoms with E-state index >= 15 is 0 Å². The van der Waals surface area contributed by atoms with E-state index in [0.717, 1.165) is 4.88 Å². The summed E-state index contributed by atoms with van der Waals surface area (Å²) in [5, 5.41) is 22.3. The van der Waals surface area contributed by atoms with Crippen molar-refractivity contribution >= 4 is 36.0 Å². The molecular formula is C14H20NO4S2+. The number of aliphatic hydroxyl groups is 1. The molecule has 3 atom stereocenters. The topological polar surface area (TPSA) is 74.6 Å². The lowest BCUT2D eigenvalue weighted by Crippen LogP contribution is -2.60. The molecule has 0 aromatic carbocycles. The molecule has 1 saturated heterocycles. The number of carbonyl (C=O) groups is 2. The minimum atomic E-state index is -1.18.